The van der Waals surface area contributed by atoms with E-state index >= 15 is 0 Å². The van der Waals surface area contributed by atoms with Crippen LogP contribution >= 0.6 is 0 Å². The number of hydrogen-bond acceptors (Lipinski definition) is 3. The molecule has 2 aliphatic rings. The average molecular weight is 198 g/mol. The first-order valence-corrected chi connectivity index (χ1v) is 5.23. The lowest BCUT2D eigenvalue weighted by Crippen LogP contribution is -2.43. The molecule has 4 atom stereocenters. The quantitative estimate of drug-likeness (QED) is 0.647. The highest BCUT2D eigenvalue weighted by Crippen LogP contribution is 2.65. The highest BCUT2D eigenvalue weighted by atomic mass is 16.5. The van der Waals surface area contributed by atoms with E-state index in [0.717, 1.165) is 19.3 Å². The van der Waals surface area contributed by atoms with E-state index in [9.17, 15) is 9.90 Å². The molecule has 2 saturated carbocycles. The SMILES string of the molecule is COC(=O)C1(C)C2CCC1(C)C(O)C2. The fraction of sp³-hybridized carbons (Fsp3) is 0.909. The molecule has 2 bridgehead atoms. The summed E-state index contributed by atoms with van der Waals surface area (Å²) in [6.45, 7) is 3.97. The summed E-state index contributed by atoms with van der Waals surface area (Å²) < 4.78 is 4.88. The molecule has 0 aromatic carbocycles. The summed E-state index contributed by atoms with van der Waals surface area (Å²) >= 11 is 0. The van der Waals surface area contributed by atoms with Gasteiger partial charge in [0.05, 0.1) is 18.6 Å². The molecule has 14 heavy (non-hydrogen) atoms. The number of aliphatic hydroxyl groups excluding tert-OH is 1. The van der Waals surface area contributed by atoms with Crippen LogP contribution in [0.15, 0.2) is 0 Å². The van der Waals surface area contributed by atoms with E-state index in [2.05, 4.69) is 0 Å². The van der Waals surface area contributed by atoms with E-state index < -0.39 is 5.41 Å². The van der Waals surface area contributed by atoms with Gasteiger partial charge in [0.1, 0.15) is 0 Å². The Morgan fingerprint density at radius 3 is 2.50 bits per heavy atom. The summed E-state index contributed by atoms with van der Waals surface area (Å²) in [6, 6.07) is 0. The number of aliphatic hydroxyl groups is 1. The first-order valence-electron chi connectivity index (χ1n) is 5.23. The Kier molecular flexibility index (Phi) is 1.94. The minimum atomic E-state index is -0.471. The predicted octanol–water partition coefficient (Wildman–Crippen LogP) is 1.35. The van der Waals surface area contributed by atoms with Gasteiger partial charge in [-0.25, -0.2) is 0 Å². The molecule has 0 saturated heterocycles. The third-order valence-corrected chi connectivity index (χ3v) is 4.87. The summed E-state index contributed by atoms with van der Waals surface area (Å²) in [6.07, 6.45) is 2.39. The van der Waals surface area contributed by atoms with Gasteiger partial charge in [0.25, 0.3) is 0 Å². The van der Waals surface area contributed by atoms with Crippen molar-refractivity contribution in [2.24, 2.45) is 16.7 Å². The van der Waals surface area contributed by atoms with Gasteiger partial charge in [-0.1, -0.05) is 6.92 Å². The van der Waals surface area contributed by atoms with Crippen molar-refractivity contribution in [2.45, 2.75) is 39.2 Å². The Labute approximate surface area is 84.4 Å². The molecule has 2 fully saturated rings. The lowest BCUT2D eigenvalue weighted by molar-refractivity contribution is -0.160. The smallest absolute Gasteiger partial charge is 0.312 e. The number of carbonyl (C=O) groups excluding carboxylic acids is 1. The van der Waals surface area contributed by atoms with Gasteiger partial charge >= 0.3 is 5.97 Å². The molecule has 0 spiro atoms. The van der Waals surface area contributed by atoms with Crippen molar-refractivity contribution in [2.75, 3.05) is 7.11 Å². The van der Waals surface area contributed by atoms with Crippen LogP contribution in [0.3, 0.4) is 0 Å². The second-order valence-electron chi connectivity index (χ2n) is 5.10. The zero-order valence-electron chi connectivity index (χ0n) is 9.04. The van der Waals surface area contributed by atoms with Crippen LogP contribution in [0.4, 0.5) is 0 Å². The van der Waals surface area contributed by atoms with Gasteiger partial charge in [-0.15, -0.1) is 0 Å². The lowest BCUT2D eigenvalue weighted by Gasteiger charge is -2.37. The third-order valence-electron chi connectivity index (χ3n) is 4.87. The van der Waals surface area contributed by atoms with Gasteiger partial charge in [0.15, 0.2) is 0 Å². The molecule has 3 heteroatoms. The summed E-state index contributed by atoms with van der Waals surface area (Å²) in [5, 5.41) is 9.95. The molecule has 3 nitrogen and oxygen atoms in total. The minimum absolute atomic E-state index is 0.154. The van der Waals surface area contributed by atoms with Crippen molar-refractivity contribution >= 4 is 5.97 Å². The molecule has 0 aromatic rings. The van der Waals surface area contributed by atoms with Crippen molar-refractivity contribution in [3.05, 3.63) is 0 Å². The molecule has 0 heterocycles. The molecular formula is C11H18O3. The Morgan fingerprint density at radius 1 is 1.50 bits per heavy atom. The molecule has 4 unspecified atom stereocenters. The van der Waals surface area contributed by atoms with Gasteiger partial charge in [0, 0.05) is 5.41 Å². The van der Waals surface area contributed by atoms with Crippen molar-refractivity contribution < 1.29 is 14.6 Å². The first-order chi connectivity index (χ1) is 6.46. The van der Waals surface area contributed by atoms with Gasteiger partial charge in [-0.3, -0.25) is 4.79 Å². The molecular weight excluding hydrogens is 180 g/mol. The second-order valence-corrected chi connectivity index (χ2v) is 5.10. The number of methoxy groups -OCH3 is 1. The fourth-order valence-corrected chi connectivity index (χ4v) is 3.50. The second kappa shape index (κ2) is 2.72. The first kappa shape index (κ1) is 9.97. The predicted molar refractivity (Wildman–Crippen MR) is 51.6 cm³/mol. The Morgan fingerprint density at radius 2 is 2.14 bits per heavy atom. The topological polar surface area (TPSA) is 46.5 Å². The van der Waals surface area contributed by atoms with Crippen LogP contribution in [0, 0.1) is 16.7 Å². The van der Waals surface area contributed by atoms with Crippen LogP contribution in [-0.2, 0) is 9.53 Å². The molecule has 0 aliphatic heterocycles. The monoisotopic (exact) mass is 198 g/mol. The van der Waals surface area contributed by atoms with E-state index in [1.807, 2.05) is 13.8 Å². The standard InChI is InChI=1S/C11H18O3/c1-10-5-4-7(6-8(10)12)11(10,2)9(13)14-3/h7-8,12H,4-6H2,1-3H3. The third kappa shape index (κ3) is 0.842. The number of carbonyl (C=O) groups is 1. The average Bonchev–Trinajstić information content (AvgIpc) is 2.52. The number of fused-ring (bicyclic) bond motifs is 2. The van der Waals surface area contributed by atoms with Gasteiger partial charge in [-0.05, 0) is 32.1 Å². The zero-order valence-corrected chi connectivity index (χ0v) is 9.04. The van der Waals surface area contributed by atoms with Crippen LogP contribution in [0.25, 0.3) is 0 Å². The highest BCUT2D eigenvalue weighted by molar-refractivity contribution is 5.79. The molecule has 2 aliphatic carbocycles. The summed E-state index contributed by atoms with van der Waals surface area (Å²) in [5.41, 5.74) is -0.744. The maximum absolute atomic E-state index is 11.8. The van der Waals surface area contributed by atoms with E-state index in [-0.39, 0.29) is 17.5 Å². The molecule has 1 N–H and O–H groups in total. The van der Waals surface area contributed by atoms with Gasteiger partial charge in [-0.2, -0.15) is 0 Å². The molecule has 2 rings (SSSR count). The number of ether oxygens (including phenoxy) is 1. The number of esters is 1. The normalized spacial score (nSPS) is 50.9. The molecule has 80 valence electrons. The molecule has 0 radical (unpaired) electrons. The van der Waals surface area contributed by atoms with Crippen LogP contribution in [-0.4, -0.2) is 24.3 Å². The largest absolute Gasteiger partial charge is 0.469 e. The molecule has 0 aromatic heterocycles. The fourth-order valence-electron chi connectivity index (χ4n) is 3.50. The van der Waals surface area contributed by atoms with Crippen molar-refractivity contribution in [1.29, 1.82) is 0 Å². The highest BCUT2D eigenvalue weighted by Gasteiger charge is 2.67. The van der Waals surface area contributed by atoms with E-state index in [4.69, 9.17) is 4.74 Å². The Bertz CT molecular complexity index is 276. The summed E-state index contributed by atoms with van der Waals surface area (Å²) in [5.74, 6) is 0.147. The Hall–Kier alpha value is -0.570. The van der Waals surface area contributed by atoms with Gasteiger partial charge in [0.2, 0.25) is 0 Å². The zero-order chi connectivity index (χ0) is 10.6. The van der Waals surface area contributed by atoms with E-state index in [1.54, 1.807) is 0 Å². The number of hydrogen-bond donors (Lipinski definition) is 1. The van der Waals surface area contributed by atoms with E-state index in [0.29, 0.717) is 5.92 Å². The van der Waals surface area contributed by atoms with Crippen molar-refractivity contribution in [3.8, 4) is 0 Å². The van der Waals surface area contributed by atoms with Crippen LogP contribution in [0.1, 0.15) is 33.1 Å². The maximum atomic E-state index is 11.8. The van der Waals surface area contributed by atoms with Crippen LogP contribution in [0.5, 0.6) is 0 Å². The number of rotatable bonds is 1. The van der Waals surface area contributed by atoms with E-state index in [1.165, 1.54) is 7.11 Å². The van der Waals surface area contributed by atoms with Crippen LogP contribution in [0.2, 0.25) is 0 Å². The van der Waals surface area contributed by atoms with Crippen LogP contribution < -0.4 is 0 Å². The maximum Gasteiger partial charge on any atom is 0.312 e. The summed E-state index contributed by atoms with van der Waals surface area (Å²) in [4.78, 5) is 11.8. The van der Waals surface area contributed by atoms with Gasteiger partial charge < -0.3 is 9.84 Å². The molecule has 0 amide bonds. The summed E-state index contributed by atoms with van der Waals surface area (Å²) in [7, 11) is 1.43. The lowest BCUT2D eigenvalue weighted by atomic mass is 9.68. The van der Waals surface area contributed by atoms with Crippen molar-refractivity contribution in [1.82, 2.24) is 0 Å². The minimum Gasteiger partial charge on any atom is -0.469 e. The van der Waals surface area contributed by atoms with Crippen molar-refractivity contribution in [3.63, 3.8) is 0 Å². The Balaban J connectivity index is 2.41.